The van der Waals surface area contributed by atoms with Gasteiger partial charge in [-0.05, 0) is 50.6 Å². The van der Waals surface area contributed by atoms with Crippen molar-refractivity contribution >= 4 is 22.5 Å². The summed E-state index contributed by atoms with van der Waals surface area (Å²) in [7, 11) is -0.830. The van der Waals surface area contributed by atoms with Crippen molar-refractivity contribution in [3.05, 3.63) is 46.9 Å². The Labute approximate surface area is 166 Å². The summed E-state index contributed by atoms with van der Waals surface area (Å²) in [5, 5.41) is 12.5. The fourth-order valence-electron chi connectivity index (χ4n) is 3.46. The van der Waals surface area contributed by atoms with Crippen molar-refractivity contribution in [3.8, 4) is 11.8 Å². The van der Waals surface area contributed by atoms with Crippen molar-refractivity contribution in [2.75, 3.05) is 29.9 Å². The maximum atomic E-state index is 13.3. The van der Waals surface area contributed by atoms with Gasteiger partial charge in [-0.15, -0.1) is 0 Å². The van der Waals surface area contributed by atoms with Crippen LogP contribution in [0.3, 0.4) is 0 Å². The molecule has 148 valence electrons. The molecule has 1 aromatic carbocycles. The average molecular weight is 402 g/mol. The first-order valence-corrected chi connectivity index (χ1v) is 10.6. The van der Waals surface area contributed by atoms with Crippen LogP contribution in [0.1, 0.15) is 23.7 Å². The van der Waals surface area contributed by atoms with Gasteiger partial charge in [0.25, 0.3) is 0 Å². The molecule has 1 aliphatic rings. The number of nitriles is 1. The molecule has 0 saturated carbocycles. The standard InChI is InChI=1S/C20H23FN4O2S/c1-13-12-28(27)9-8-24(13)11-19(26)23-20-18(10-22)14(2)15(3)25(20)17-6-4-16(21)5-7-17/h4-7,13H,8-9,11-12H2,1-3H3,(H,23,26)/t13-,28-/m0/s1. The van der Waals surface area contributed by atoms with E-state index >= 15 is 0 Å². The number of hydrogen-bond donors (Lipinski definition) is 1. The minimum absolute atomic E-state index is 0.0585. The van der Waals surface area contributed by atoms with Gasteiger partial charge in [0.05, 0.1) is 12.1 Å². The lowest BCUT2D eigenvalue weighted by molar-refractivity contribution is -0.117. The highest BCUT2D eigenvalue weighted by molar-refractivity contribution is 7.85. The van der Waals surface area contributed by atoms with E-state index in [0.717, 1.165) is 11.3 Å². The van der Waals surface area contributed by atoms with Crippen molar-refractivity contribution in [2.24, 2.45) is 0 Å². The first kappa shape index (κ1) is 20.2. The number of halogens is 1. The number of rotatable bonds is 4. The lowest BCUT2D eigenvalue weighted by Crippen LogP contribution is -2.48. The first-order chi connectivity index (χ1) is 13.3. The molecule has 1 aromatic heterocycles. The molecule has 1 fully saturated rings. The molecule has 0 unspecified atom stereocenters. The number of aromatic nitrogens is 1. The smallest absolute Gasteiger partial charge is 0.239 e. The van der Waals surface area contributed by atoms with Gasteiger partial charge in [-0.25, -0.2) is 4.39 Å². The Morgan fingerprint density at radius 1 is 1.36 bits per heavy atom. The first-order valence-electron chi connectivity index (χ1n) is 9.08. The minimum atomic E-state index is -0.830. The monoisotopic (exact) mass is 402 g/mol. The number of nitrogens with zero attached hydrogens (tertiary/aromatic N) is 3. The van der Waals surface area contributed by atoms with Crippen molar-refractivity contribution in [1.82, 2.24) is 9.47 Å². The van der Waals surface area contributed by atoms with E-state index in [2.05, 4.69) is 11.4 Å². The SMILES string of the molecule is Cc1c(C#N)c(NC(=O)CN2CC[S@](=O)C[C@@H]2C)n(-c2ccc(F)cc2)c1C. The molecule has 1 aliphatic heterocycles. The van der Waals surface area contributed by atoms with Gasteiger partial charge in [-0.1, -0.05) is 0 Å². The number of carbonyl (C=O) groups is 1. The Hall–Kier alpha value is -2.50. The van der Waals surface area contributed by atoms with Gasteiger partial charge in [-0.2, -0.15) is 5.26 Å². The summed E-state index contributed by atoms with van der Waals surface area (Å²) in [6.45, 7) is 6.41. The van der Waals surface area contributed by atoms with Crippen LogP contribution in [0.15, 0.2) is 24.3 Å². The lowest BCUT2D eigenvalue weighted by atomic mass is 10.2. The van der Waals surface area contributed by atoms with E-state index in [1.165, 1.54) is 12.1 Å². The third-order valence-corrected chi connectivity index (χ3v) is 6.66. The van der Waals surface area contributed by atoms with Crippen LogP contribution in [0.4, 0.5) is 10.2 Å². The van der Waals surface area contributed by atoms with Gasteiger partial charge in [0.1, 0.15) is 17.7 Å². The summed E-state index contributed by atoms with van der Waals surface area (Å²) in [4.78, 5) is 14.7. The number of hydrogen-bond acceptors (Lipinski definition) is 4. The summed E-state index contributed by atoms with van der Waals surface area (Å²) >= 11 is 0. The molecule has 1 N–H and O–H groups in total. The number of benzene rings is 1. The van der Waals surface area contributed by atoms with E-state index in [0.29, 0.717) is 35.1 Å². The highest BCUT2D eigenvalue weighted by Crippen LogP contribution is 2.30. The number of amides is 1. The van der Waals surface area contributed by atoms with E-state index < -0.39 is 10.8 Å². The third kappa shape index (κ3) is 4.01. The molecule has 0 spiro atoms. The zero-order valence-corrected chi connectivity index (χ0v) is 17.0. The van der Waals surface area contributed by atoms with E-state index in [1.807, 2.05) is 25.7 Å². The van der Waals surface area contributed by atoms with Gasteiger partial charge in [-0.3, -0.25) is 18.5 Å². The lowest BCUT2D eigenvalue weighted by Gasteiger charge is -2.32. The van der Waals surface area contributed by atoms with Crippen molar-refractivity contribution in [3.63, 3.8) is 0 Å². The third-order valence-electron chi connectivity index (χ3n) is 5.17. The van der Waals surface area contributed by atoms with Crippen LogP contribution in [0.25, 0.3) is 5.69 Å². The van der Waals surface area contributed by atoms with Gasteiger partial charge < -0.3 is 5.32 Å². The second-order valence-electron chi connectivity index (χ2n) is 7.04. The Bertz CT molecular complexity index is 962. The Kier molecular flexibility index (Phi) is 5.96. The summed E-state index contributed by atoms with van der Waals surface area (Å²) in [5.74, 6) is 0.915. The summed E-state index contributed by atoms with van der Waals surface area (Å²) in [6.07, 6.45) is 0. The van der Waals surface area contributed by atoms with E-state index in [4.69, 9.17) is 0 Å². The van der Waals surface area contributed by atoms with Gasteiger partial charge in [0.15, 0.2) is 0 Å². The van der Waals surface area contributed by atoms with Crippen LogP contribution >= 0.6 is 0 Å². The molecule has 8 heteroatoms. The van der Waals surface area contributed by atoms with Crippen molar-refractivity contribution in [1.29, 1.82) is 5.26 Å². The summed E-state index contributed by atoms with van der Waals surface area (Å²) in [6, 6.07) is 8.14. The number of nitrogens with one attached hydrogen (secondary N) is 1. The molecular formula is C20H23FN4O2S. The largest absolute Gasteiger partial charge is 0.310 e. The van der Waals surface area contributed by atoms with E-state index in [9.17, 15) is 18.7 Å². The minimum Gasteiger partial charge on any atom is -0.310 e. The molecular weight excluding hydrogens is 379 g/mol. The van der Waals surface area contributed by atoms with Crippen molar-refractivity contribution < 1.29 is 13.4 Å². The molecule has 3 rings (SSSR count). The number of carbonyl (C=O) groups excluding carboxylic acids is 1. The predicted molar refractivity (Wildman–Crippen MR) is 107 cm³/mol. The second-order valence-corrected chi connectivity index (χ2v) is 8.66. The van der Waals surface area contributed by atoms with E-state index in [1.54, 1.807) is 16.7 Å². The normalized spacial score (nSPS) is 20.0. The van der Waals surface area contributed by atoms with Gasteiger partial charge >= 0.3 is 0 Å². The maximum absolute atomic E-state index is 13.3. The van der Waals surface area contributed by atoms with Crippen LogP contribution in [-0.4, -0.2) is 50.2 Å². The molecule has 1 saturated heterocycles. The summed E-state index contributed by atoms with van der Waals surface area (Å²) < 4.78 is 26.8. The summed E-state index contributed by atoms with van der Waals surface area (Å²) in [5.41, 5.74) is 2.63. The number of anilines is 1. The zero-order valence-electron chi connectivity index (χ0n) is 16.2. The Morgan fingerprint density at radius 3 is 2.64 bits per heavy atom. The molecule has 2 atom stereocenters. The van der Waals surface area contributed by atoms with Crippen LogP contribution < -0.4 is 5.32 Å². The van der Waals surface area contributed by atoms with Crippen molar-refractivity contribution in [2.45, 2.75) is 26.8 Å². The molecule has 0 radical (unpaired) electrons. The van der Waals surface area contributed by atoms with Crippen LogP contribution in [-0.2, 0) is 15.6 Å². The average Bonchev–Trinajstić information content (AvgIpc) is 2.88. The fraction of sp³-hybridized carbons (Fsp3) is 0.400. The molecule has 2 aromatic rings. The quantitative estimate of drug-likeness (QED) is 0.852. The Balaban J connectivity index is 1.89. The molecule has 0 bridgehead atoms. The molecule has 1 amide bonds. The van der Waals surface area contributed by atoms with Crippen LogP contribution in [0.2, 0.25) is 0 Å². The van der Waals surface area contributed by atoms with Gasteiger partial charge in [0, 0.05) is 46.3 Å². The van der Waals surface area contributed by atoms with E-state index in [-0.39, 0.29) is 24.3 Å². The topological polar surface area (TPSA) is 78.1 Å². The molecule has 6 nitrogen and oxygen atoms in total. The van der Waals surface area contributed by atoms with Crippen LogP contribution in [0.5, 0.6) is 0 Å². The Morgan fingerprint density at radius 2 is 2.04 bits per heavy atom. The van der Waals surface area contributed by atoms with Crippen LogP contribution in [0, 0.1) is 31.0 Å². The maximum Gasteiger partial charge on any atom is 0.239 e. The highest BCUT2D eigenvalue weighted by atomic mass is 32.2. The zero-order chi connectivity index (χ0) is 20.4. The predicted octanol–water partition coefficient (Wildman–Crippen LogP) is 2.50. The second kappa shape index (κ2) is 8.25. The molecule has 0 aliphatic carbocycles. The highest BCUT2D eigenvalue weighted by Gasteiger charge is 2.26. The molecule has 2 heterocycles. The fourth-order valence-corrected chi connectivity index (χ4v) is 4.82. The van der Waals surface area contributed by atoms with Gasteiger partial charge in [0.2, 0.25) is 5.91 Å². The molecule has 28 heavy (non-hydrogen) atoms.